The Morgan fingerprint density at radius 2 is 1.97 bits per heavy atom. The second-order valence-electron chi connectivity index (χ2n) is 7.82. The largest absolute Gasteiger partial charge is 0.454 e. The summed E-state index contributed by atoms with van der Waals surface area (Å²) < 4.78 is 16.0. The minimum atomic E-state index is -0.261. The molecule has 8 nitrogen and oxygen atoms in total. The molecule has 2 aromatic rings. The molecule has 1 saturated heterocycles. The summed E-state index contributed by atoms with van der Waals surface area (Å²) in [6.45, 7) is 5.14. The van der Waals surface area contributed by atoms with Gasteiger partial charge in [-0.25, -0.2) is 0 Å². The molecular formula is C22H23N3O5. The number of ether oxygens (including phenoxy) is 3. The Hall–Kier alpha value is -3.26. The second kappa shape index (κ2) is 7.53. The van der Waals surface area contributed by atoms with Crippen LogP contribution in [0.4, 0.5) is 11.4 Å². The summed E-state index contributed by atoms with van der Waals surface area (Å²) in [5.74, 6) is 1.75. The fraction of sp³-hybridized carbons (Fsp3) is 0.364. The SMILES string of the molecule is C[C@@H]1CN(c2ccc3c(c2)OCO3)CCN1CC(=O)Nc1ccc2c(c1)OC(=O)C2. The molecule has 0 unspecified atom stereocenters. The standard InChI is InChI=1S/C22H23N3O5/c1-14-11-25(17-4-5-18-20(10-17)29-13-28-18)7-6-24(14)12-21(26)23-16-3-2-15-8-22(27)30-19(15)9-16/h2-5,9-10,14H,6-8,11-13H2,1H3,(H,23,26)/t14-/m1/s1. The fourth-order valence-electron chi connectivity index (χ4n) is 4.12. The maximum absolute atomic E-state index is 12.6. The van der Waals surface area contributed by atoms with E-state index in [1.165, 1.54) is 0 Å². The molecule has 0 spiro atoms. The van der Waals surface area contributed by atoms with Crippen molar-refractivity contribution in [1.29, 1.82) is 0 Å². The Bertz CT molecular complexity index is 1010. The second-order valence-corrected chi connectivity index (χ2v) is 7.82. The highest BCUT2D eigenvalue weighted by atomic mass is 16.7. The highest BCUT2D eigenvalue weighted by Crippen LogP contribution is 2.36. The molecular weight excluding hydrogens is 386 g/mol. The van der Waals surface area contributed by atoms with Crippen molar-refractivity contribution in [3.8, 4) is 17.2 Å². The maximum atomic E-state index is 12.6. The van der Waals surface area contributed by atoms with Crippen LogP contribution in [0.2, 0.25) is 0 Å². The smallest absolute Gasteiger partial charge is 0.315 e. The number of piperazine rings is 1. The number of hydrogen-bond acceptors (Lipinski definition) is 7. The summed E-state index contributed by atoms with van der Waals surface area (Å²) in [4.78, 5) is 28.4. The van der Waals surface area contributed by atoms with Crippen molar-refractivity contribution in [2.45, 2.75) is 19.4 Å². The summed E-state index contributed by atoms with van der Waals surface area (Å²) in [7, 11) is 0. The Morgan fingerprint density at radius 1 is 1.10 bits per heavy atom. The van der Waals surface area contributed by atoms with Crippen LogP contribution in [0.5, 0.6) is 17.2 Å². The van der Waals surface area contributed by atoms with E-state index in [0.717, 1.165) is 42.4 Å². The monoisotopic (exact) mass is 409 g/mol. The predicted octanol–water partition coefficient (Wildman–Crippen LogP) is 2.03. The molecule has 1 N–H and O–H groups in total. The van der Waals surface area contributed by atoms with Crippen LogP contribution in [0.15, 0.2) is 36.4 Å². The van der Waals surface area contributed by atoms with Gasteiger partial charge in [-0.15, -0.1) is 0 Å². The number of amides is 1. The lowest BCUT2D eigenvalue weighted by molar-refractivity contribution is -0.131. The lowest BCUT2D eigenvalue weighted by Crippen LogP contribution is -2.53. The first-order chi connectivity index (χ1) is 14.5. The number of nitrogens with zero attached hydrogens (tertiary/aromatic N) is 2. The van der Waals surface area contributed by atoms with Gasteiger partial charge in [-0.2, -0.15) is 0 Å². The number of carbonyl (C=O) groups excluding carboxylic acids is 2. The number of carbonyl (C=O) groups is 2. The van der Waals surface area contributed by atoms with E-state index in [2.05, 4.69) is 22.0 Å². The summed E-state index contributed by atoms with van der Waals surface area (Å²) in [5, 5.41) is 2.91. The zero-order chi connectivity index (χ0) is 20.7. The van der Waals surface area contributed by atoms with Crippen LogP contribution >= 0.6 is 0 Å². The van der Waals surface area contributed by atoms with Crippen LogP contribution in [-0.4, -0.2) is 55.8 Å². The quantitative estimate of drug-likeness (QED) is 0.611. The van der Waals surface area contributed by atoms with Gasteiger partial charge in [-0.3, -0.25) is 14.5 Å². The maximum Gasteiger partial charge on any atom is 0.315 e. The topological polar surface area (TPSA) is 80.3 Å². The van der Waals surface area contributed by atoms with Crippen LogP contribution < -0.4 is 24.4 Å². The molecule has 5 rings (SSSR count). The molecule has 0 aliphatic carbocycles. The molecule has 3 aliphatic heterocycles. The van der Waals surface area contributed by atoms with Gasteiger partial charge < -0.3 is 24.4 Å². The molecule has 0 radical (unpaired) electrons. The number of esters is 1. The summed E-state index contributed by atoms with van der Waals surface area (Å²) in [6, 6.07) is 11.6. The van der Waals surface area contributed by atoms with Gasteiger partial charge in [0.25, 0.3) is 0 Å². The lowest BCUT2D eigenvalue weighted by Gasteiger charge is -2.40. The molecule has 1 fully saturated rings. The van der Waals surface area contributed by atoms with Gasteiger partial charge in [-0.1, -0.05) is 6.07 Å². The van der Waals surface area contributed by atoms with Crippen molar-refractivity contribution in [3.05, 3.63) is 42.0 Å². The van der Waals surface area contributed by atoms with Crippen LogP contribution in [0.1, 0.15) is 12.5 Å². The average molecular weight is 409 g/mol. The van der Waals surface area contributed by atoms with E-state index < -0.39 is 0 Å². The molecule has 3 heterocycles. The molecule has 156 valence electrons. The highest BCUT2D eigenvalue weighted by Gasteiger charge is 2.27. The fourth-order valence-corrected chi connectivity index (χ4v) is 4.12. The number of hydrogen-bond donors (Lipinski definition) is 1. The molecule has 8 heteroatoms. The number of benzene rings is 2. The third-order valence-corrected chi connectivity index (χ3v) is 5.74. The van der Waals surface area contributed by atoms with Crippen molar-refractivity contribution in [3.63, 3.8) is 0 Å². The molecule has 2 aromatic carbocycles. The minimum absolute atomic E-state index is 0.0809. The van der Waals surface area contributed by atoms with Gasteiger partial charge in [0.15, 0.2) is 11.5 Å². The Kier molecular flexibility index (Phi) is 4.71. The van der Waals surface area contributed by atoms with Crippen LogP contribution in [0.25, 0.3) is 0 Å². The summed E-state index contributed by atoms with van der Waals surface area (Å²) in [5.41, 5.74) is 2.59. The first-order valence-corrected chi connectivity index (χ1v) is 10.1. The van der Waals surface area contributed by atoms with Gasteiger partial charge in [0.2, 0.25) is 12.7 Å². The van der Waals surface area contributed by atoms with Gasteiger partial charge >= 0.3 is 5.97 Å². The van der Waals surface area contributed by atoms with Gasteiger partial charge in [0.1, 0.15) is 5.75 Å². The van der Waals surface area contributed by atoms with Crippen molar-refractivity contribution in [2.75, 3.05) is 43.2 Å². The van der Waals surface area contributed by atoms with E-state index in [4.69, 9.17) is 14.2 Å². The van der Waals surface area contributed by atoms with Crippen molar-refractivity contribution in [1.82, 2.24) is 4.90 Å². The van der Waals surface area contributed by atoms with Crippen LogP contribution in [0.3, 0.4) is 0 Å². The van der Waals surface area contributed by atoms with E-state index in [0.29, 0.717) is 18.0 Å². The van der Waals surface area contributed by atoms with E-state index in [1.54, 1.807) is 12.1 Å². The van der Waals surface area contributed by atoms with E-state index >= 15 is 0 Å². The minimum Gasteiger partial charge on any atom is -0.454 e. The van der Waals surface area contributed by atoms with Crippen molar-refractivity contribution in [2.24, 2.45) is 0 Å². The first-order valence-electron chi connectivity index (χ1n) is 10.1. The molecule has 1 atom stereocenters. The van der Waals surface area contributed by atoms with Crippen LogP contribution in [-0.2, 0) is 16.0 Å². The zero-order valence-electron chi connectivity index (χ0n) is 16.7. The Balaban J connectivity index is 1.17. The zero-order valence-corrected chi connectivity index (χ0v) is 16.7. The molecule has 0 aromatic heterocycles. The summed E-state index contributed by atoms with van der Waals surface area (Å²) >= 11 is 0. The van der Waals surface area contributed by atoms with Crippen molar-refractivity contribution >= 4 is 23.3 Å². The number of fused-ring (bicyclic) bond motifs is 2. The molecule has 0 bridgehead atoms. The molecule has 30 heavy (non-hydrogen) atoms. The lowest BCUT2D eigenvalue weighted by atomic mass is 10.1. The molecule has 1 amide bonds. The predicted molar refractivity (Wildman–Crippen MR) is 110 cm³/mol. The number of rotatable bonds is 4. The number of nitrogens with one attached hydrogen (secondary N) is 1. The van der Waals surface area contributed by atoms with Crippen molar-refractivity contribution < 1.29 is 23.8 Å². The number of anilines is 2. The summed E-state index contributed by atoms with van der Waals surface area (Å²) in [6.07, 6.45) is 0.286. The van der Waals surface area contributed by atoms with Gasteiger partial charge in [0, 0.05) is 54.7 Å². The van der Waals surface area contributed by atoms with Gasteiger partial charge in [0.05, 0.1) is 13.0 Å². The Morgan fingerprint density at radius 3 is 2.83 bits per heavy atom. The Labute approximate surface area is 174 Å². The van der Waals surface area contributed by atoms with E-state index in [9.17, 15) is 9.59 Å². The molecule has 0 saturated carbocycles. The van der Waals surface area contributed by atoms with E-state index in [1.807, 2.05) is 24.3 Å². The average Bonchev–Trinajstić information content (AvgIpc) is 3.33. The van der Waals surface area contributed by atoms with E-state index in [-0.39, 0.29) is 31.1 Å². The third kappa shape index (κ3) is 3.66. The highest BCUT2D eigenvalue weighted by molar-refractivity contribution is 5.93. The van der Waals surface area contributed by atoms with Crippen LogP contribution in [0, 0.1) is 0 Å². The molecule has 3 aliphatic rings. The third-order valence-electron chi connectivity index (χ3n) is 5.74. The van der Waals surface area contributed by atoms with Gasteiger partial charge in [-0.05, 0) is 25.1 Å². The first kappa shape index (κ1) is 18.7. The normalized spacial score (nSPS) is 20.1.